The van der Waals surface area contributed by atoms with Crippen LogP contribution in [0.25, 0.3) is 11.0 Å². The number of hydroxylamine groups is 1. The number of nitrogens with one attached hydrogen (secondary N) is 2. The number of hydrogen-bond acceptors (Lipinski definition) is 5. The maximum Gasteiger partial charge on any atom is 0.277 e. The zero-order chi connectivity index (χ0) is 25.8. The van der Waals surface area contributed by atoms with Crippen molar-refractivity contribution in [2.45, 2.75) is 58.4 Å². The standard InChI is InChI=1S/C28H35BrFN5O2/c1-19-15-21(29)9-10-23(19)32-26-22(28(36)33-37-17-20-7-8-20)16-24-27(25(26)30)31-18-35(24)14-6-5-13-34-11-3-2-4-12-34/h9-10,15-16,18,20,32H,2-8,11-14,17H2,1H3,(H,33,36). The molecule has 1 saturated heterocycles. The Morgan fingerprint density at radius 2 is 1.95 bits per heavy atom. The predicted octanol–water partition coefficient (Wildman–Crippen LogP) is 6.33. The van der Waals surface area contributed by atoms with Crippen molar-refractivity contribution in [2.75, 3.05) is 31.6 Å². The van der Waals surface area contributed by atoms with Gasteiger partial charge in [-0.2, -0.15) is 0 Å². The fraction of sp³-hybridized carbons (Fsp3) is 0.500. The lowest BCUT2D eigenvalue weighted by molar-refractivity contribution is 0.0271. The summed E-state index contributed by atoms with van der Waals surface area (Å²) in [5, 5.41) is 3.15. The average Bonchev–Trinajstić information content (AvgIpc) is 3.63. The van der Waals surface area contributed by atoms with Gasteiger partial charge in [0.25, 0.3) is 5.91 Å². The third-order valence-corrected chi connectivity index (χ3v) is 7.79. The Morgan fingerprint density at radius 3 is 2.70 bits per heavy atom. The molecule has 2 heterocycles. The summed E-state index contributed by atoms with van der Waals surface area (Å²) < 4.78 is 18.8. The van der Waals surface area contributed by atoms with Gasteiger partial charge >= 0.3 is 0 Å². The number of rotatable bonds is 11. The number of likely N-dealkylation sites (tertiary alicyclic amines) is 1. The average molecular weight is 573 g/mol. The summed E-state index contributed by atoms with van der Waals surface area (Å²) in [6, 6.07) is 7.40. The smallest absolute Gasteiger partial charge is 0.277 e. The van der Waals surface area contributed by atoms with Gasteiger partial charge in [0.15, 0.2) is 5.82 Å². The van der Waals surface area contributed by atoms with Crippen LogP contribution >= 0.6 is 15.9 Å². The first-order chi connectivity index (χ1) is 18.0. The summed E-state index contributed by atoms with van der Waals surface area (Å²) in [7, 11) is 0. The molecule has 2 fully saturated rings. The molecule has 1 aliphatic carbocycles. The number of amides is 1. The Hall–Kier alpha value is -2.49. The highest BCUT2D eigenvalue weighted by Gasteiger charge is 2.25. The van der Waals surface area contributed by atoms with Gasteiger partial charge < -0.3 is 14.8 Å². The van der Waals surface area contributed by atoms with Crippen LogP contribution in [0.15, 0.2) is 35.1 Å². The van der Waals surface area contributed by atoms with E-state index < -0.39 is 11.7 Å². The first kappa shape index (κ1) is 26.1. The normalized spacial score (nSPS) is 16.3. The number of carbonyl (C=O) groups excluding carboxylic acids is 1. The zero-order valence-corrected chi connectivity index (χ0v) is 22.9. The van der Waals surface area contributed by atoms with Gasteiger partial charge in [-0.05, 0) is 101 Å². The number of halogens is 2. The fourth-order valence-electron chi connectivity index (χ4n) is 4.90. The second-order valence-electron chi connectivity index (χ2n) is 10.3. The summed E-state index contributed by atoms with van der Waals surface area (Å²) in [5.74, 6) is -0.523. The van der Waals surface area contributed by atoms with Crippen molar-refractivity contribution in [1.29, 1.82) is 0 Å². The number of carbonyl (C=O) groups is 1. The van der Waals surface area contributed by atoms with Crippen molar-refractivity contribution in [2.24, 2.45) is 5.92 Å². The summed E-state index contributed by atoms with van der Waals surface area (Å²) in [5.41, 5.74) is 5.32. The van der Waals surface area contributed by atoms with E-state index >= 15 is 4.39 Å². The van der Waals surface area contributed by atoms with E-state index in [9.17, 15) is 4.79 Å². The number of piperidine rings is 1. The lowest BCUT2D eigenvalue weighted by atomic mass is 10.1. The van der Waals surface area contributed by atoms with E-state index in [1.165, 1.54) is 32.4 Å². The van der Waals surface area contributed by atoms with Crippen LogP contribution in [0, 0.1) is 18.7 Å². The third kappa shape index (κ3) is 6.51. The topological polar surface area (TPSA) is 71.4 Å². The molecule has 0 bridgehead atoms. The molecule has 1 aromatic heterocycles. The molecule has 2 aliphatic rings. The van der Waals surface area contributed by atoms with Crippen LogP contribution in [0.4, 0.5) is 15.8 Å². The molecule has 2 N–H and O–H groups in total. The van der Waals surface area contributed by atoms with E-state index in [1.54, 1.807) is 12.4 Å². The van der Waals surface area contributed by atoms with Crippen LogP contribution < -0.4 is 10.8 Å². The molecule has 7 nitrogen and oxygen atoms in total. The maximum absolute atomic E-state index is 15.9. The van der Waals surface area contributed by atoms with E-state index in [0.29, 0.717) is 23.7 Å². The van der Waals surface area contributed by atoms with Crippen LogP contribution in [0.5, 0.6) is 0 Å². The van der Waals surface area contributed by atoms with Gasteiger partial charge in [0.2, 0.25) is 0 Å². The van der Waals surface area contributed by atoms with Crippen molar-refractivity contribution in [3.8, 4) is 0 Å². The van der Waals surface area contributed by atoms with Crippen LogP contribution in [0.3, 0.4) is 0 Å². The molecular formula is C28H35BrFN5O2. The van der Waals surface area contributed by atoms with Crippen LogP contribution in [0.1, 0.15) is 60.9 Å². The number of benzene rings is 2. The summed E-state index contributed by atoms with van der Waals surface area (Å²) in [4.78, 5) is 25.5. The lowest BCUT2D eigenvalue weighted by Crippen LogP contribution is -2.30. The molecule has 5 rings (SSSR count). The Balaban J connectivity index is 1.37. The molecule has 1 saturated carbocycles. The van der Waals surface area contributed by atoms with Crippen LogP contribution in [-0.2, 0) is 11.4 Å². The van der Waals surface area contributed by atoms with Gasteiger partial charge in [0.1, 0.15) is 5.52 Å². The van der Waals surface area contributed by atoms with E-state index in [4.69, 9.17) is 4.84 Å². The van der Waals surface area contributed by atoms with Gasteiger partial charge in [-0.1, -0.05) is 22.4 Å². The lowest BCUT2D eigenvalue weighted by Gasteiger charge is -2.26. The van der Waals surface area contributed by atoms with Crippen LogP contribution in [0.2, 0.25) is 0 Å². The zero-order valence-electron chi connectivity index (χ0n) is 21.4. The number of aryl methyl sites for hydroxylation is 2. The Kier molecular flexibility index (Phi) is 8.42. The predicted molar refractivity (Wildman–Crippen MR) is 148 cm³/mol. The third-order valence-electron chi connectivity index (χ3n) is 7.30. The molecule has 0 spiro atoms. The molecule has 0 atom stereocenters. The Morgan fingerprint density at radius 1 is 1.16 bits per heavy atom. The fourth-order valence-corrected chi connectivity index (χ4v) is 5.38. The number of unbranched alkanes of at least 4 members (excludes halogenated alkanes) is 1. The minimum Gasteiger partial charge on any atom is -0.352 e. The van der Waals surface area contributed by atoms with E-state index in [0.717, 1.165) is 48.8 Å². The minimum atomic E-state index is -0.542. The number of anilines is 2. The van der Waals surface area contributed by atoms with Crippen molar-refractivity contribution in [3.05, 3.63) is 52.0 Å². The Labute approximate surface area is 225 Å². The van der Waals surface area contributed by atoms with Gasteiger partial charge in [-0.25, -0.2) is 14.9 Å². The van der Waals surface area contributed by atoms with E-state index in [2.05, 4.69) is 36.6 Å². The highest BCUT2D eigenvalue weighted by Crippen LogP contribution is 2.33. The van der Waals surface area contributed by atoms with Gasteiger partial charge in [-0.3, -0.25) is 9.63 Å². The Bertz CT molecular complexity index is 1250. The first-order valence-corrected chi connectivity index (χ1v) is 14.1. The number of hydrogen-bond donors (Lipinski definition) is 2. The molecule has 9 heteroatoms. The minimum absolute atomic E-state index is 0.0980. The molecule has 3 aromatic rings. The number of aromatic nitrogens is 2. The molecule has 1 aliphatic heterocycles. The number of imidazole rings is 1. The summed E-state index contributed by atoms with van der Waals surface area (Å²) >= 11 is 3.46. The summed E-state index contributed by atoms with van der Waals surface area (Å²) in [6.07, 6.45) is 9.86. The molecule has 0 unspecified atom stereocenters. The first-order valence-electron chi connectivity index (χ1n) is 13.3. The monoisotopic (exact) mass is 571 g/mol. The number of nitrogens with zero attached hydrogens (tertiary/aromatic N) is 3. The van der Waals surface area contributed by atoms with Gasteiger partial charge in [0, 0.05) is 16.7 Å². The second kappa shape index (κ2) is 11.9. The quantitative estimate of drug-likeness (QED) is 0.208. The number of fused-ring (bicyclic) bond motifs is 1. The van der Waals surface area contributed by atoms with E-state index in [-0.39, 0.29) is 16.8 Å². The molecule has 2 aromatic carbocycles. The van der Waals surface area contributed by atoms with Gasteiger partial charge in [0.05, 0.1) is 29.7 Å². The molecule has 0 radical (unpaired) electrons. The van der Waals surface area contributed by atoms with Crippen molar-refractivity contribution < 1.29 is 14.0 Å². The van der Waals surface area contributed by atoms with Gasteiger partial charge in [-0.15, -0.1) is 0 Å². The summed E-state index contributed by atoms with van der Waals surface area (Å²) in [6.45, 7) is 6.60. The van der Waals surface area contributed by atoms with Crippen molar-refractivity contribution >= 4 is 44.2 Å². The van der Waals surface area contributed by atoms with Crippen molar-refractivity contribution in [1.82, 2.24) is 19.9 Å². The highest BCUT2D eigenvalue weighted by molar-refractivity contribution is 9.10. The SMILES string of the molecule is Cc1cc(Br)ccc1Nc1c(C(=O)NOCC2CC2)cc2c(ncn2CCCCN2CCCCC2)c1F. The highest BCUT2D eigenvalue weighted by atomic mass is 79.9. The molecule has 37 heavy (non-hydrogen) atoms. The molecular weight excluding hydrogens is 537 g/mol. The molecule has 198 valence electrons. The largest absolute Gasteiger partial charge is 0.352 e. The van der Waals surface area contributed by atoms with Crippen LogP contribution in [-0.4, -0.2) is 46.6 Å². The van der Waals surface area contributed by atoms with E-state index in [1.807, 2.05) is 29.7 Å². The van der Waals surface area contributed by atoms with Crippen molar-refractivity contribution in [3.63, 3.8) is 0 Å². The maximum atomic E-state index is 15.9. The molecule has 1 amide bonds. The second-order valence-corrected chi connectivity index (χ2v) is 11.2.